The summed E-state index contributed by atoms with van der Waals surface area (Å²) in [6.07, 6.45) is -0.00922. The Balaban J connectivity index is 2.27. The van der Waals surface area contributed by atoms with E-state index in [0.29, 0.717) is 10.9 Å². The second kappa shape index (κ2) is 13.0. The summed E-state index contributed by atoms with van der Waals surface area (Å²) in [4.78, 5) is 74.4. The summed E-state index contributed by atoms with van der Waals surface area (Å²) < 4.78 is 0. The molecule has 200 valence electrons. The van der Waals surface area contributed by atoms with Gasteiger partial charge in [0.1, 0.15) is 18.1 Å². The number of aliphatic hydroxyl groups is 1. The maximum absolute atomic E-state index is 13.0. The van der Waals surface area contributed by atoms with Crippen LogP contribution in [0.2, 0.25) is 0 Å². The van der Waals surface area contributed by atoms with Crippen molar-refractivity contribution >= 4 is 46.5 Å². The summed E-state index contributed by atoms with van der Waals surface area (Å²) in [7, 11) is 0. The van der Waals surface area contributed by atoms with Gasteiger partial charge in [-0.3, -0.25) is 24.0 Å². The smallest absolute Gasteiger partial charge is 0.326 e. The minimum atomic E-state index is -1.78. The summed E-state index contributed by atoms with van der Waals surface area (Å²) in [6, 6.07) is 0.838. The van der Waals surface area contributed by atoms with Crippen LogP contribution in [0, 0.1) is 0 Å². The van der Waals surface area contributed by atoms with E-state index in [1.807, 2.05) is 0 Å². The molecule has 4 unspecified atom stereocenters. The fourth-order valence-corrected chi connectivity index (χ4v) is 3.43. The predicted octanol–water partition coefficient (Wildman–Crippen LogP) is -3.08. The quantitative estimate of drug-likeness (QED) is 0.121. The zero-order valence-corrected chi connectivity index (χ0v) is 19.5. The Morgan fingerprint density at radius 3 is 2.05 bits per heavy atom. The highest BCUT2D eigenvalue weighted by atomic mass is 16.4. The van der Waals surface area contributed by atoms with Gasteiger partial charge in [-0.15, -0.1) is 0 Å². The molecule has 11 N–H and O–H groups in total. The van der Waals surface area contributed by atoms with E-state index in [2.05, 4.69) is 20.9 Å². The molecule has 2 aromatic rings. The van der Waals surface area contributed by atoms with Crippen molar-refractivity contribution in [2.45, 2.75) is 43.4 Å². The lowest BCUT2D eigenvalue weighted by atomic mass is 10.0. The van der Waals surface area contributed by atoms with E-state index in [1.54, 1.807) is 30.5 Å². The highest BCUT2D eigenvalue weighted by Gasteiger charge is 2.31. The molecule has 2 rings (SSSR count). The Labute approximate surface area is 209 Å². The summed E-state index contributed by atoms with van der Waals surface area (Å²) in [5.41, 5.74) is 11.8. The van der Waals surface area contributed by atoms with Crippen molar-refractivity contribution in [2.75, 3.05) is 6.61 Å². The average molecular weight is 520 g/mol. The Morgan fingerprint density at radius 2 is 1.46 bits per heavy atom. The third-order valence-electron chi connectivity index (χ3n) is 5.30. The van der Waals surface area contributed by atoms with Gasteiger partial charge in [0.05, 0.1) is 25.5 Å². The molecule has 0 spiro atoms. The number of rotatable bonds is 14. The molecular weight excluding hydrogens is 492 g/mol. The second-order valence-corrected chi connectivity index (χ2v) is 8.14. The molecule has 37 heavy (non-hydrogen) atoms. The maximum Gasteiger partial charge on any atom is 0.326 e. The molecule has 0 saturated heterocycles. The molecule has 15 heteroatoms. The number of H-pyrrole nitrogens is 1. The summed E-state index contributed by atoms with van der Waals surface area (Å²) >= 11 is 0. The van der Waals surface area contributed by atoms with Crippen LogP contribution in [-0.4, -0.2) is 86.6 Å². The van der Waals surface area contributed by atoms with Gasteiger partial charge in [-0.1, -0.05) is 18.2 Å². The molecule has 4 atom stereocenters. The minimum absolute atomic E-state index is 0.158. The zero-order valence-electron chi connectivity index (χ0n) is 19.5. The number of aliphatic carboxylic acids is 2. The second-order valence-electron chi connectivity index (χ2n) is 8.14. The van der Waals surface area contributed by atoms with E-state index in [0.717, 1.165) is 5.52 Å². The number of carbonyl (C=O) groups is 6. The van der Waals surface area contributed by atoms with Crippen LogP contribution in [-0.2, 0) is 35.2 Å². The van der Waals surface area contributed by atoms with E-state index in [4.69, 9.17) is 16.6 Å². The first-order chi connectivity index (χ1) is 17.4. The number of nitrogens with two attached hydrogens (primary N) is 2. The molecule has 1 aromatic heterocycles. The molecule has 0 saturated carbocycles. The highest BCUT2D eigenvalue weighted by Crippen LogP contribution is 2.19. The summed E-state index contributed by atoms with van der Waals surface area (Å²) in [6.45, 7) is -0.904. The molecule has 15 nitrogen and oxygen atoms in total. The number of aromatic nitrogens is 1. The van der Waals surface area contributed by atoms with Gasteiger partial charge in [-0.25, -0.2) is 4.79 Å². The van der Waals surface area contributed by atoms with Crippen LogP contribution in [0.3, 0.4) is 0 Å². The van der Waals surface area contributed by atoms with Crippen molar-refractivity contribution in [2.24, 2.45) is 11.5 Å². The first-order valence-electron chi connectivity index (χ1n) is 11.0. The molecule has 4 amide bonds. The lowest BCUT2D eigenvalue weighted by molar-refractivity contribution is -0.147. The first kappa shape index (κ1) is 28.7. The number of aliphatic hydroxyl groups excluding tert-OH is 1. The molecule has 1 heterocycles. The lowest BCUT2D eigenvalue weighted by Crippen LogP contribution is -2.58. The van der Waals surface area contributed by atoms with Crippen molar-refractivity contribution in [3.8, 4) is 0 Å². The van der Waals surface area contributed by atoms with E-state index in [1.165, 1.54) is 0 Å². The van der Waals surface area contributed by atoms with Gasteiger partial charge in [0.25, 0.3) is 0 Å². The molecule has 0 aliphatic rings. The van der Waals surface area contributed by atoms with E-state index >= 15 is 0 Å². The van der Waals surface area contributed by atoms with Gasteiger partial charge in [0, 0.05) is 23.5 Å². The fraction of sp³-hybridized carbons (Fsp3) is 0.364. The summed E-state index contributed by atoms with van der Waals surface area (Å²) in [5, 5.41) is 35.1. The number of amides is 4. The van der Waals surface area contributed by atoms with Crippen molar-refractivity contribution in [3.63, 3.8) is 0 Å². The number of benzene rings is 1. The maximum atomic E-state index is 13.0. The molecular formula is C22H28N6O9. The highest BCUT2D eigenvalue weighted by molar-refractivity contribution is 5.96. The van der Waals surface area contributed by atoms with Crippen LogP contribution < -0.4 is 27.4 Å². The fourth-order valence-electron chi connectivity index (χ4n) is 3.43. The van der Waals surface area contributed by atoms with Crippen molar-refractivity contribution in [3.05, 3.63) is 36.0 Å². The number of carbonyl (C=O) groups excluding carboxylic acids is 4. The molecule has 0 radical (unpaired) electrons. The Bertz CT molecular complexity index is 1180. The van der Waals surface area contributed by atoms with Crippen LogP contribution in [0.25, 0.3) is 10.9 Å². The molecule has 0 bridgehead atoms. The Hall–Kier alpha value is -4.50. The van der Waals surface area contributed by atoms with Gasteiger partial charge in [0.2, 0.25) is 23.6 Å². The van der Waals surface area contributed by atoms with E-state index in [9.17, 15) is 39.0 Å². The van der Waals surface area contributed by atoms with Crippen molar-refractivity contribution < 1.29 is 44.1 Å². The van der Waals surface area contributed by atoms with Crippen LogP contribution in [0.4, 0.5) is 0 Å². The normalized spacial score (nSPS) is 14.1. The van der Waals surface area contributed by atoms with Crippen molar-refractivity contribution in [1.82, 2.24) is 20.9 Å². The van der Waals surface area contributed by atoms with Crippen molar-refractivity contribution in [1.29, 1.82) is 0 Å². The van der Waals surface area contributed by atoms with Crippen LogP contribution in [0.5, 0.6) is 0 Å². The number of hydrogen-bond acceptors (Lipinski definition) is 8. The van der Waals surface area contributed by atoms with Gasteiger partial charge >= 0.3 is 11.9 Å². The monoisotopic (exact) mass is 520 g/mol. The Morgan fingerprint density at radius 1 is 0.865 bits per heavy atom. The van der Waals surface area contributed by atoms with Gasteiger partial charge in [-0.2, -0.15) is 0 Å². The minimum Gasteiger partial charge on any atom is -0.481 e. The van der Waals surface area contributed by atoms with Gasteiger partial charge in [0.15, 0.2) is 0 Å². The number of carboxylic acid groups (broad SMARTS) is 2. The number of para-hydroxylation sites is 1. The Kier molecular flexibility index (Phi) is 10.1. The van der Waals surface area contributed by atoms with E-state index < -0.39 is 79.2 Å². The third-order valence-corrected chi connectivity index (χ3v) is 5.30. The topological polar surface area (TPSA) is 267 Å². The first-order valence-corrected chi connectivity index (χ1v) is 11.0. The average Bonchev–Trinajstić information content (AvgIpc) is 3.23. The SMILES string of the molecule is NC(=O)CC(N)C(=O)NC(CO)C(=O)NC(Cc1c[nH]c2ccccc12)C(=O)NC(CC(=O)O)C(=O)O. The molecule has 0 fully saturated rings. The standard InChI is InChI=1S/C22H28N6O9/c23-12(6-17(24)30)19(33)28-16(9-29)21(35)26-14(20(34)27-15(22(36)37)7-18(31)32)5-10-8-25-13-4-2-1-3-11(10)13/h1-4,8,12,14-16,25,29H,5-7,9,23H2,(H2,24,30)(H,26,35)(H,27,34)(H,28,33)(H,31,32)(H,36,37). The lowest BCUT2D eigenvalue weighted by Gasteiger charge is -2.24. The third kappa shape index (κ3) is 8.29. The summed E-state index contributed by atoms with van der Waals surface area (Å²) in [5.74, 6) is -6.93. The molecule has 1 aromatic carbocycles. The number of fused-ring (bicyclic) bond motifs is 1. The number of carboxylic acids is 2. The van der Waals surface area contributed by atoms with Gasteiger partial charge in [-0.05, 0) is 11.6 Å². The molecule has 0 aliphatic heterocycles. The number of hydrogen-bond donors (Lipinski definition) is 9. The largest absolute Gasteiger partial charge is 0.481 e. The van der Waals surface area contributed by atoms with Crippen LogP contribution in [0.1, 0.15) is 18.4 Å². The predicted molar refractivity (Wildman–Crippen MR) is 127 cm³/mol. The zero-order chi connectivity index (χ0) is 27.7. The number of aromatic amines is 1. The van der Waals surface area contributed by atoms with Crippen LogP contribution >= 0.6 is 0 Å². The van der Waals surface area contributed by atoms with Crippen LogP contribution in [0.15, 0.2) is 30.5 Å². The number of primary amides is 1. The number of nitrogens with one attached hydrogen (secondary N) is 4. The molecule has 0 aliphatic carbocycles. The van der Waals surface area contributed by atoms with Gasteiger partial charge < -0.3 is 47.7 Å². The van der Waals surface area contributed by atoms with E-state index in [-0.39, 0.29) is 6.42 Å².